The van der Waals surface area contributed by atoms with Crippen LogP contribution in [-0.2, 0) is 32.2 Å². The summed E-state index contributed by atoms with van der Waals surface area (Å²) in [6.07, 6.45) is 15.2. The number of morpholine rings is 4. The summed E-state index contributed by atoms with van der Waals surface area (Å²) in [5.74, 6) is 7.10. The van der Waals surface area contributed by atoms with Crippen molar-refractivity contribution in [1.82, 2.24) is 64.8 Å². The SMILES string of the molecule is Cc1cccc(/C=N/Nc2cc(N3CCOCC3)nc(OC(C)c3ncccn3)n2)c1.Cc1cccc(/C=N/Nc2cc(N3CCOCC3)nc(OCc3cccnc3)n2)c1.Cc1cccc(/C=N/Nc2cc(N3CCOCC3)nc(OCc3nccc(C)n3)n2)c1.Cc1cccc(/C=N/Nc2cc(N3CCOCC3)nc(Oc3ccccc3)n2)c1. The molecule has 0 radical (unpaired) electrons. The van der Waals surface area contributed by atoms with Crippen LogP contribution in [0.4, 0.5) is 46.5 Å². The first-order valence-electron chi connectivity index (χ1n) is 39.7. The fourth-order valence-corrected chi connectivity index (χ4v) is 12.3. The van der Waals surface area contributed by atoms with Crippen molar-refractivity contribution < 1.29 is 37.9 Å². The van der Waals surface area contributed by atoms with Crippen LogP contribution in [0.3, 0.4) is 0 Å². The van der Waals surface area contributed by atoms with Gasteiger partial charge in [0.1, 0.15) is 35.6 Å². The molecule has 1 unspecified atom stereocenters. The number of anilines is 8. The lowest BCUT2D eigenvalue weighted by Crippen LogP contribution is -2.36. The van der Waals surface area contributed by atoms with E-state index in [-0.39, 0.29) is 30.6 Å². The first-order valence-corrected chi connectivity index (χ1v) is 39.7. The molecule has 4 fully saturated rings. The summed E-state index contributed by atoms with van der Waals surface area (Å²) >= 11 is 0. The van der Waals surface area contributed by atoms with Crippen molar-refractivity contribution in [2.75, 3.05) is 147 Å². The van der Waals surface area contributed by atoms with E-state index in [4.69, 9.17) is 37.9 Å². The normalized spacial score (nSPS) is 14.4. The Morgan fingerprint density at radius 1 is 0.372 bits per heavy atom. The summed E-state index contributed by atoms with van der Waals surface area (Å²) in [5, 5.41) is 17.3. The number of pyridine rings is 1. The van der Waals surface area contributed by atoms with Crippen LogP contribution in [-0.4, -0.2) is 195 Å². The van der Waals surface area contributed by atoms with Crippen molar-refractivity contribution in [3.63, 3.8) is 0 Å². The maximum Gasteiger partial charge on any atom is 0.325 e. The summed E-state index contributed by atoms with van der Waals surface area (Å²) in [4.78, 5) is 65.9. The Hall–Kier alpha value is -14.2. The van der Waals surface area contributed by atoms with Crippen LogP contribution in [0.25, 0.3) is 0 Å². The second-order valence-electron chi connectivity index (χ2n) is 27.9. The zero-order valence-corrected chi connectivity index (χ0v) is 68.4. The molecule has 5 aromatic carbocycles. The molecule has 0 aliphatic carbocycles. The second kappa shape index (κ2) is 45.0. The number of aromatic nitrogens is 13. The molecular formula is C88H97N25O8. The number of hydrogen-bond acceptors (Lipinski definition) is 33. The number of para-hydroxylation sites is 1. The molecule has 16 rings (SSSR count). The minimum absolute atomic E-state index is 0.181. The average Bonchev–Trinajstić information content (AvgIpc) is 0.839. The Balaban J connectivity index is 0.000000139. The van der Waals surface area contributed by atoms with Gasteiger partial charge in [-0.05, 0) is 94.1 Å². The van der Waals surface area contributed by atoms with Crippen LogP contribution in [0, 0.1) is 34.6 Å². The summed E-state index contributed by atoms with van der Waals surface area (Å²) < 4.78 is 45.2. The van der Waals surface area contributed by atoms with Gasteiger partial charge in [0, 0.05) is 119 Å². The molecule has 4 aliphatic rings. The third-order valence-electron chi connectivity index (χ3n) is 18.3. The molecule has 0 saturated carbocycles. The highest BCUT2D eigenvalue weighted by molar-refractivity contribution is 5.82. The number of aryl methyl sites for hydroxylation is 5. The lowest BCUT2D eigenvalue weighted by Gasteiger charge is -2.28. The minimum Gasteiger partial charge on any atom is -0.458 e. The van der Waals surface area contributed by atoms with Crippen molar-refractivity contribution in [1.29, 1.82) is 0 Å². The van der Waals surface area contributed by atoms with Crippen molar-refractivity contribution in [3.05, 3.63) is 274 Å². The van der Waals surface area contributed by atoms with Crippen LogP contribution in [0.5, 0.6) is 29.8 Å². The van der Waals surface area contributed by atoms with Crippen LogP contribution in [0.1, 0.15) is 80.4 Å². The van der Waals surface area contributed by atoms with Crippen LogP contribution in [0.2, 0.25) is 0 Å². The van der Waals surface area contributed by atoms with Crippen molar-refractivity contribution in [3.8, 4) is 29.8 Å². The predicted octanol–water partition coefficient (Wildman–Crippen LogP) is 12.6. The predicted molar refractivity (Wildman–Crippen MR) is 467 cm³/mol. The van der Waals surface area contributed by atoms with Crippen LogP contribution < -0.4 is 60.3 Å². The Morgan fingerprint density at radius 2 is 0.760 bits per heavy atom. The maximum atomic E-state index is 5.96. The molecule has 33 heteroatoms. The Bertz CT molecular complexity index is 5350. The van der Waals surface area contributed by atoms with Gasteiger partial charge in [0.2, 0.25) is 0 Å². The number of ether oxygens (including phenoxy) is 8. The van der Waals surface area contributed by atoms with Gasteiger partial charge in [0.05, 0.1) is 77.7 Å². The highest BCUT2D eigenvalue weighted by Crippen LogP contribution is 2.28. The summed E-state index contributed by atoms with van der Waals surface area (Å²) in [7, 11) is 0. The largest absolute Gasteiger partial charge is 0.458 e. The zero-order chi connectivity index (χ0) is 83.4. The third kappa shape index (κ3) is 28.0. The number of hydrogen-bond donors (Lipinski definition) is 4. The number of nitrogens with one attached hydrogen (secondary N) is 4. The highest BCUT2D eigenvalue weighted by Gasteiger charge is 2.22. The van der Waals surface area contributed by atoms with E-state index in [0.717, 1.165) is 109 Å². The van der Waals surface area contributed by atoms with Gasteiger partial charge in [-0.15, -0.1) is 0 Å². The van der Waals surface area contributed by atoms with E-state index in [1.165, 1.54) is 22.3 Å². The fraction of sp³-hybridized carbons (Fsp3) is 0.284. The monoisotopic (exact) mass is 1630 g/mol. The summed E-state index contributed by atoms with van der Waals surface area (Å²) in [5.41, 5.74) is 22.6. The van der Waals surface area contributed by atoms with E-state index in [1.807, 2.05) is 161 Å². The Labute approximate surface area is 702 Å². The Morgan fingerprint density at radius 3 is 1.16 bits per heavy atom. The van der Waals surface area contributed by atoms with Crippen molar-refractivity contribution in [2.24, 2.45) is 20.4 Å². The molecule has 4 N–H and O–H groups in total. The van der Waals surface area contributed by atoms with Gasteiger partial charge in [0.15, 0.2) is 47.6 Å². The number of hydrazone groups is 4. The molecule has 0 amide bonds. The lowest BCUT2D eigenvalue weighted by atomic mass is 10.2. The molecular weight excluding hydrogens is 1540 g/mol. The third-order valence-corrected chi connectivity index (χ3v) is 18.3. The Kier molecular flexibility index (Phi) is 31.5. The topological polar surface area (TPSA) is 352 Å². The van der Waals surface area contributed by atoms with Gasteiger partial charge in [-0.25, -0.2) is 19.9 Å². The minimum atomic E-state index is -0.398. The van der Waals surface area contributed by atoms with E-state index in [0.29, 0.717) is 100 Å². The number of nitrogens with zero attached hydrogens (tertiary/aromatic N) is 21. The molecule has 11 heterocycles. The smallest absolute Gasteiger partial charge is 0.325 e. The maximum absolute atomic E-state index is 5.96. The van der Waals surface area contributed by atoms with Gasteiger partial charge in [0.25, 0.3) is 0 Å². The summed E-state index contributed by atoms with van der Waals surface area (Å²) in [6, 6.07) is 57.8. The van der Waals surface area contributed by atoms with E-state index in [2.05, 4.69) is 177 Å². The van der Waals surface area contributed by atoms with Gasteiger partial charge < -0.3 is 57.5 Å². The number of rotatable bonds is 27. The molecule has 1 atom stereocenters. The van der Waals surface area contributed by atoms with E-state index < -0.39 is 6.10 Å². The zero-order valence-electron chi connectivity index (χ0n) is 68.4. The quantitative estimate of drug-likeness (QED) is 0.0274. The average molecular weight is 1630 g/mol. The molecule has 4 saturated heterocycles. The standard InChI is InChI=1S/2C22H25N7O2.C22H24N6O2.C22H23N5O2/c1-16-5-3-6-18(13-16)15-25-28-19-14-20(29-9-11-30-12-10-29)27-22(26-19)31-17(2)21-23-7-4-8-24-21;1-16-4-3-5-18(12-16)14-24-28-19-13-21(29-8-10-30-11-9-29)27-22(26-19)31-15-20-23-7-6-17(2)25-20;1-17-4-2-5-18(12-17)15-24-27-20-13-21(28-8-10-29-11-9-28)26-22(25-20)30-16-19-6-3-7-23-14-19;1-17-6-5-7-18(14-17)16-23-26-20-15-21(27-10-12-28-13-11-27)25-22(24-20)29-19-8-3-2-4-9-19/h3-8,13-15,17H,9-12H2,1-2H3,(H,26,27,28);3-7,12-14H,8-11,15H2,1-2H3,(H,26,27,28);2-7,12-15H,8-11,16H2,1H3,(H,25,26,27);2-9,14-16H,10-13H2,1H3,(H,24,25,26)/b25-15+;24-14+;24-15+;23-16+. The fourth-order valence-electron chi connectivity index (χ4n) is 12.3. The van der Waals surface area contributed by atoms with Crippen LogP contribution >= 0.6 is 0 Å². The van der Waals surface area contributed by atoms with E-state index >= 15 is 0 Å². The van der Waals surface area contributed by atoms with Crippen molar-refractivity contribution in [2.45, 2.75) is 60.9 Å². The van der Waals surface area contributed by atoms with Gasteiger partial charge in [-0.1, -0.05) is 144 Å². The lowest BCUT2D eigenvalue weighted by molar-refractivity contribution is 0.122. The number of benzene rings is 5. The molecule has 7 aromatic heterocycles. The van der Waals surface area contributed by atoms with Gasteiger partial charge in [-0.3, -0.25) is 26.7 Å². The first kappa shape index (κ1) is 84.8. The molecule has 0 spiro atoms. The van der Waals surface area contributed by atoms with E-state index in [1.54, 1.807) is 61.9 Å². The van der Waals surface area contributed by atoms with Gasteiger partial charge in [-0.2, -0.15) is 60.3 Å². The highest BCUT2D eigenvalue weighted by atomic mass is 16.5. The molecule has 12 aromatic rings. The molecule has 33 nitrogen and oxygen atoms in total. The van der Waals surface area contributed by atoms with Gasteiger partial charge >= 0.3 is 24.0 Å². The molecule has 4 aliphatic heterocycles. The molecule has 622 valence electrons. The van der Waals surface area contributed by atoms with Crippen LogP contribution in [0.15, 0.2) is 227 Å². The summed E-state index contributed by atoms with van der Waals surface area (Å²) in [6.45, 7) is 23.9. The molecule has 0 bridgehead atoms. The van der Waals surface area contributed by atoms with Crippen molar-refractivity contribution >= 4 is 71.4 Å². The molecule has 121 heavy (non-hydrogen) atoms. The second-order valence-corrected chi connectivity index (χ2v) is 27.9. The van der Waals surface area contributed by atoms with E-state index in [9.17, 15) is 0 Å². The first-order chi connectivity index (χ1) is 59.3.